The first kappa shape index (κ1) is 15.5. The summed E-state index contributed by atoms with van der Waals surface area (Å²) in [6.07, 6.45) is 10.5. The average molecular weight is 274 g/mol. The maximum atomic E-state index is 4.22. The summed E-state index contributed by atoms with van der Waals surface area (Å²) in [4.78, 5) is 4.22. The van der Waals surface area contributed by atoms with Gasteiger partial charge in [-0.2, -0.15) is 0 Å². The molecule has 0 spiro atoms. The lowest BCUT2D eigenvalue weighted by atomic mass is 9.73. The molecule has 3 unspecified atom stereocenters. The molecule has 1 N–H and O–H groups in total. The zero-order valence-electron chi connectivity index (χ0n) is 13.3. The lowest BCUT2D eigenvalue weighted by Crippen LogP contribution is -2.40. The molecule has 1 heterocycles. The molecule has 2 nitrogen and oxygen atoms in total. The van der Waals surface area contributed by atoms with Gasteiger partial charge in [0.25, 0.3) is 0 Å². The van der Waals surface area contributed by atoms with Gasteiger partial charge in [0.1, 0.15) is 0 Å². The van der Waals surface area contributed by atoms with Crippen LogP contribution in [0.5, 0.6) is 0 Å². The van der Waals surface area contributed by atoms with Crippen LogP contribution in [0.25, 0.3) is 0 Å². The summed E-state index contributed by atoms with van der Waals surface area (Å²) in [6, 6.07) is 4.91. The average Bonchev–Trinajstić information content (AvgIpc) is 2.43. The van der Waals surface area contributed by atoms with E-state index in [0.717, 1.165) is 30.7 Å². The molecule has 1 aromatic heterocycles. The quantitative estimate of drug-likeness (QED) is 0.846. The van der Waals surface area contributed by atoms with E-state index in [1.54, 1.807) is 0 Å². The zero-order chi connectivity index (χ0) is 14.4. The minimum atomic E-state index is 0.672. The molecule has 0 amide bonds. The monoisotopic (exact) mass is 274 g/mol. The fourth-order valence-corrected chi connectivity index (χ4v) is 3.97. The molecule has 2 heteroatoms. The van der Waals surface area contributed by atoms with Gasteiger partial charge in [0, 0.05) is 18.4 Å². The van der Waals surface area contributed by atoms with Crippen molar-refractivity contribution < 1.29 is 0 Å². The van der Waals surface area contributed by atoms with Crippen molar-refractivity contribution in [3.8, 4) is 0 Å². The number of nitrogens with one attached hydrogen (secondary N) is 1. The third-order valence-corrected chi connectivity index (χ3v) is 4.72. The predicted octanol–water partition coefficient (Wildman–Crippen LogP) is 4.06. The molecule has 1 aromatic rings. The summed E-state index contributed by atoms with van der Waals surface area (Å²) in [6.45, 7) is 8.16. The van der Waals surface area contributed by atoms with Gasteiger partial charge in [0.15, 0.2) is 0 Å². The third kappa shape index (κ3) is 4.59. The predicted molar refractivity (Wildman–Crippen MR) is 85.7 cm³/mol. The summed E-state index contributed by atoms with van der Waals surface area (Å²) in [5.74, 6) is 2.64. The fraction of sp³-hybridized carbons (Fsp3) is 0.722. The molecule has 1 aliphatic rings. The zero-order valence-corrected chi connectivity index (χ0v) is 13.3. The van der Waals surface area contributed by atoms with Gasteiger partial charge in [-0.3, -0.25) is 4.98 Å². The van der Waals surface area contributed by atoms with Gasteiger partial charge in [0.05, 0.1) is 0 Å². The van der Waals surface area contributed by atoms with Gasteiger partial charge in [-0.25, -0.2) is 0 Å². The first-order valence-electron chi connectivity index (χ1n) is 8.31. The maximum absolute atomic E-state index is 4.22. The molecule has 0 radical (unpaired) electrons. The number of nitrogens with zero attached hydrogens (tertiary/aromatic N) is 1. The Kier molecular flexibility index (Phi) is 6.03. The second-order valence-electron chi connectivity index (χ2n) is 6.74. The molecule has 1 fully saturated rings. The van der Waals surface area contributed by atoms with E-state index >= 15 is 0 Å². The number of pyridine rings is 1. The van der Waals surface area contributed by atoms with Crippen molar-refractivity contribution in [3.63, 3.8) is 0 Å². The Morgan fingerprint density at radius 3 is 2.60 bits per heavy atom. The number of hydrogen-bond donors (Lipinski definition) is 1. The molecule has 1 saturated carbocycles. The van der Waals surface area contributed by atoms with Crippen LogP contribution >= 0.6 is 0 Å². The highest BCUT2D eigenvalue weighted by atomic mass is 14.9. The van der Waals surface area contributed by atoms with Crippen molar-refractivity contribution in [3.05, 3.63) is 30.1 Å². The largest absolute Gasteiger partial charge is 0.314 e. The molecule has 0 aliphatic heterocycles. The Morgan fingerprint density at radius 2 is 2.00 bits per heavy atom. The normalized spacial score (nSPS) is 28.2. The number of aromatic nitrogens is 1. The van der Waals surface area contributed by atoms with E-state index in [9.17, 15) is 0 Å². The highest BCUT2D eigenvalue weighted by Gasteiger charge is 2.29. The standard InChI is InChI=1S/C18H30N2/c1-4-20-18(8-7-16-6-5-9-19-13-16)17-11-14(2)10-15(3)12-17/h5-6,9,13-15,17-18,20H,4,7-8,10-12H2,1-3H3. The molecule has 0 aromatic carbocycles. The van der Waals surface area contributed by atoms with Crippen molar-refractivity contribution in [2.45, 2.75) is 58.9 Å². The first-order valence-corrected chi connectivity index (χ1v) is 8.31. The topological polar surface area (TPSA) is 24.9 Å². The van der Waals surface area contributed by atoms with Gasteiger partial charge in [-0.1, -0.05) is 26.8 Å². The maximum Gasteiger partial charge on any atom is 0.0299 e. The van der Waals surface area contributed by atoms with Crippen LogP contribution in [0.3, 0.4) is 0 Å². The van der Waals surface area contributed by atoms with E-state index in [1.807, 2.05) is 18.5 Å². The van der Waals surface area contributed by atoms with Gasteiger partial charge < -0.3 is 5.32 Å². The molecule has 0 saturated heterocycles. The summed E-state index contributed by atoms with van der Waals surface area (Å²) in [7, 11) is 0. The Bertz CT molecular complexity index is 366. The summed E-state index contributed by atoms with van der Waals surface area (Å²) in [5, 5.41) is 3.74. The fourth-order valence-electron chi connectivity index (χ4n) is 3.97. The summed E-state index contributed by atoms with van der Waals surface area (Å²) in [5.41, 5.74) is 1.37. The second-order valence-corrected chi connectivity index (χ2v) is 6.74. The van der Waals surface area contributed by atoms with Crippen LogP contribution in [0.2, 0.25) is 0 Å². The van der Waals surface area contributed by atoms with Gasteiger partial charge in [-0.05, 0) is 68.0 Å². The molecule has 112 valence electrons. The second kappa shape index (κ2) is 7.78. The van der Waals surface area contributed by atoms with Gasteiger partial charge in [0.2, 0.25) is 0 Å². The van der Waals surface area contributed by atoms with E-state index in [0.29, 0.717) is 6.04 Å². The Balaban J connectivity index is 1.92. The van der Waals surface area contributed by atoms with Crippen molar-refractivity contribution in [1.29, 1.82) is 0 Å². The molecule has 2 rings (SSSR count). The number of aryl methyl sites for hydroxylation is 1. The smallest absolute Gasteiger partial charge is 0.0299 e. The first-order chi connectivity index (χ1) is 9.69. The SMILES string of the molecule is CCNC(CCc1cccnc1)C1CC(C)CC(C)C1. The van der Waals surface area contributed by atoms with E-state index in [1.165, 1.54) is 31.2 Å². The summed E-state index contributed by atoms with van der Waals surface area (Å²) < 4.78 is 0. The molecular weight excluding hydrogens is 244 g/mol. The van der Waals surface area contributed by atoms with E-state index in [2.05, 4.69) is 37.1 Å². The number of rotatable bonds is 6. The lowest BCUT2D eigenvalue weighted by Gasteiger charge is -2.37. The third-order valence-electron chi connectivity index (χ3n) is 4.72. The summed E-state index contributed by atoms with van der Waals surface area (Å²) >= 11 is 0. The van der Waals surface area contributed by atoms with Gasteiger partial charge >= 0.3 is 0 Å². The van der Waals surface area contributed by atoms with Crippen LogP contribution in [-0.2, 0) is 6.42 Å². The van der Waals surface area contributed by atoms with Crippen LogP contribution in [0.15, 0.2) is 24.5 Å². The van der Waals surface area contributed by atoms with E-state index in [4.69, 9.17) is 0 Å². The minimum absolute atomic E-state index is 0.672. The van der Waals surface area contributed by atoms with E-state index in [-0.39, 0.29) is 0 Å². The van der Waals surface area contributed by atoms with E-state index < -0.39 is 0 Å². The highest BCUT2D eigenvalue weighted by molar-refractivity contribution is 5.08. The van der Waals surface area contributed by atoms with Crippen molar-refractivity contribution in [2.75, 3.05) is 6.54 Å². The van der Waals surface area contributed by atoms with Crippen LogP contribution < -0.4 is 5.32 Å². The van der Waals surface area contributed by atoms with Gasteiger partial charge in [-0.15, -0.1) is 0 Å². The van der Waals surface area contributed by atoms with Crippen molar-refractivity contribution >= 4 is 0 Å². The molecule has 20 heavy (non-hydrogen) atoms. The Hall–Kier alpha value is -0.890. The van der Waals surface area contributed by atoms with Crippen LogP contribution in [-0.4, -0.2) is 17.6 Å². The Labute approximate surface area is 124 Å². The van der Waals surface area contributed by atoms with Crippen molar-refractivity contribution in [2.24, 2.45) is 17.8 Å². The molecule has 1 aliphatic carbocycles. The van der Waals surface area contributed by atoms with Crippen LogP contribution in [0, 0.1) is 17.8 Å². The Morgan fingerprint density at radius 1 is 1.25 bits per heavy atom. The highest BCUT2D eigenvalue weighted by Crippen LogP contribution is 2.35. The van der Waals surface area contributed by atoms with Crippen LogP contribution in [0.1, 0.15) is 52.0 Å². The molecular formula is C18H30N2. The number of hydrogen-bond acceptors (Lipinski definition) is 2. The molecule has 3 atom stereocenters. The van der Waals surface area contributed by atoms with Crippen LogP contribution in [0.4, 0.5) is 0 Å². The lowest BCUT2D eigenvalue weighted by molar-refractivity contribution is 0.172. The minimum Gasteiger partial charge on any atom is -0.314 e. The molecule has 0 bridgehead atoms. The van der Waals surface area contributed by atoms with Crippen molar-refractivity contribution in [1.82, 2.24) is 10.3 Å².